The van der Waals surface area contributed by atoms with Crippen molar-refractivity contribution in [3.8, 4) is 22.5 Å². The van der Waals surface area contributed by atoms with Crippen LogP contribution in [-0.2, 0) is 0 Å². The van der Waals surface area contributed by atoms with Crippen LogP contribution in [0.2, 0.25) is 17.3 Å². The summed E-state index contributed by atoms with van der Waals surface area (Å²) in [6.07, 6.45) is 3.82. The number of rotatable bonds is 3. The number of hydrogen-bond acceptors (Lipinski definition) is 2. The molecule has 4 aromatic carbocycles. The summed E-state index contributed by atoms with van der Waals surface area (Å²) in [5.41, 5.74) is 9.66. The number of benzene rings is 4. The third-order valence-corrected chi connectivity index (χ3v) is 12.1. The number of fused-ring (bicyclic) bond motifs is 2. The summed E-state index contributed by atoms with van der Waals surface area (Å²) in [6, 6.07) is 30.7. The van der Waals surface area contributed by atoms with E-state index in [1.807, 2.05) is 18.5 Å². The molecule has 0 aliphatic carbocycles. The zero-order valence-electron chi connectivity index (χ0n) is 25.0. The largest absolute Gasteiger partial charge is 0.256 e. The molecule has 6 rings (SSSR count). The predicted octanol–water partition coefficient (Wildman–Crippen LogP) is 10.3. The van der Waals surface area contributed by atoms with Crippen LogP contribution in [0.5, 0.6) is 0 Å². The molecule has 0 N–H and O–H groups in total. The summed E-state index contributed by atoms with van der Waals surface area (Å²) in [4.78, 5) is 9.24. The summed E-state index contributed by atoms with van der Waals surface area (Å²) in [6.45, 7) is 8.54. The fourth-order valence-corrected chi connectivity index (χ4v) is 8.31. The molecule has 0 unspecified atom stereocenters. The second-order valence-electron chi connectivity index (χ2n) is 12.1. The van der Waals surface area contributed by atoms with E-state index in [1.165, 1.54) is 54.9 Å². The Morgan fingerprint density at radius 3 is 1.41 bits per heavy atom. The Morgan fingerprint density at radius 2 is 0.951 bits per heavy atom. The van der Waals surface area contributed by atoms with Crippen LogP contribution in [0.15, 0.2) is 102 Å². The quantitative estimate of drug-likeness (QED) is 0.176. The van der Waals surface area contributed by atoms with Gasteiger partial charge in [0.25, 0.3) is 0 Å². The van der Waals surface area contributed by atoms with E-state index in [9.17, 15) is 0 Å². The molecule has 0 spiro atoms. The number of nitrogens with zero attached hydrogens (tertiary/aromatic N) is 2. The van der Waals surface area contributed by atoms with Crippen molar-refractivity contribution >= 4 is 55.1 Å². The first-order valence-electron chi connectivity index (χ1n) is 14.1. The van der Waals surface area contributed by atoms with Crippen molar-refractivity contribution < 1.29 is 0 Å². The van der Waals surface area contributed by atoms with Crippen LogP contribution in [-0.4, -0.2) is 23.2 Å². The molecule has 0 aliphatic heterocycles. The maximum absolute atomic E-state index is 4.67. The number of aryl methyl sites for hydroxylation is 4. The van der Waals surface area contributed by atoms with Crippen LogP contribution in [0.3, 0.4) is 0 Å². The molecule has 0 saturated carbocycles. The van der Waals surface area contributed by atoms with E-state index >= 15 is 0 Å². The second-order valence-corrected chi connectivity index (χ2v) is 23.7. The Balaban J connectivity index is 0.000000166. The molecular weight excluding hydrogens is 625 g/mol. The molecular formula is C37H37BrGeN2. The molecule has 206 valence electrons. The maximum atomic E-state index is 4.67. The van der Waals surface area contributed by atoms with E-state index in [0.29, 0.717) is 0 Å². The van der Waals surface area contributed by atoms with Crippen molar-refractivity contribution in [1.82, 2.24) is 9.97 Å². The monoisotopic (exact) mass is 662 g/mol. The predicted molar refractivity (Wildman–Crippen MR) is 184 cm³/mol. The van der Waals surface area contributed by atoms with Crippen LogP contribution < -0.4 is 4.40 Å². The second kappa shape index (κ2) is 11.9. The first kappa shape index (κ1) is 29.2. The SMILES string of the molecule is Cc1cc(C)cc(-c2nccc3c[c]([Ge]([CH3])([CH3])[CH3])ccc23)c1.Cc1cc(C)cc(-c2nccc3cc(Br)ccc23)c1. The van der Waals surface area contributed by atoms with Crippen LogP contribution in [0.1, 0.15) is 22.3 Å². The zero-order valence-corrected chi connectivity index (χ0v) is 28.7. The zero-order chi connectivity index (χ0) is 29.3. The van der Waals surface area contributed by atoms with Gasteiger partial charge < -0.3 is 0 Å². The van der Waals surface area contributed by atoms with Crippen molar-refractivity contribution in [3.63, 3.8) is 0 Å². The fraction of sp³-hybridized carbons (Fsp3) is 0.189. The Labute approximate surface area is 255 Å². The van der Waals surface area contributed by atoms with Gasteiger partial charge in [-0.05, 0) is 49.6 Å². The minimum absolute atomic E-state index is 1.05. The molecule has 41 heavy (non-hydrogen) atoms. The van der Waals surface area contributed by atoms with Gasteiger partial charge in [-0.3, -0.25) is 4.98 Å². The molecule has 6 aromatic rings. The van der Waals surface area contributed by atoms with Crippen LogP contribution in [0.25, 0.3) is 44.1 Å². The van der Waals surface area contributed by atoms with Gasteiger partial charge in [0.1, 0.15) is 0 Å². The van der Waals surface area contributed by atoms with Gasteiger partial charge in [-0.2, -0.15) is 0 Å². The topological polar surface area (TPSA) is 25.8 Å². The van der Waals surface area contributed by atoms with Gasteiger partial charge in [-0.25, -0.2) is 0 Å². The Kier molecular flexibility index (Phi) is 8.49. The summed E-state index contributed by atoms with van der Waals surface area (Å²) in [7, 11) is 0. The molecule has 2 heterocycles. The summed E-state index contributed by atoms with van der Waals surface area (Å²) >= 11 is 1.72. The Bertz CT molecular complexity index is 1840. The first-order chi connectivity index (χ1) is 19.5. The third kappa shape index (κ3) is 6.79. The van der Waals surface area contributed by atoms with E-state index in [1.54, 1.807) is 4.40 Å². The van der Waals surface area contributed by atoms with Gasteiger partial charge in [0.2, 0.25) is 0 Å². The van der Waals surface area contributed by atoms with Crippen LogP contribution in [0, 0.1) is 27.7 Å². The standard InChI is InChI=1S/C20H23GeN.C17H14BrN/c1-14-10-15(2)12-17(11-14)20-19-7-6-18(21(3,4)5)13-16(19)8-9-22-20;1-11-7-12(2)9-14(8-11)17-16-4-3-15(18)10-13(16)5-6-19-17/h6-13H,1-5H3;3-10H,1-2H3. The van der Waals surface area contributed by atoms with E-state index in [4.69, 9.17) is 0 Å². The summed E-state index contributed by atoms with van der Waals surface area (Å²) in [5.74, 6) is 7.31. The normalized spacial score (nSPS) is 11.4. The molecule has 2 nitrogen and oxygen atoms in total. The molecule has 0 amide bonds. The van der Waals surface area contributed by atoms with Gasteiger partial charge in [-0.1, -0.05) is 39.2 Å². The molecule has 0 saturated heterocycles. The first-order valence-corrected chi connectivity index (χ1v) is 22.2. The molecule has 4 heteroatoms. The molecule has 0 aliphatic rings. The van der Waals surface area contributed by atoms with E-state index < -0.39 is 13.3 Å². The summed E-state index contributed by atoms with van der Waals surface area (Å²) < 4.78 is 2.64. The minimum Gasteiger partial charge on any atom is -0.256 e. The van der Waals surface area contributed by atoms with Crippen molar-refractivity contribution in [2.75, 3.05) is 0 Å². The van der Waals surface area contributed by atoms with E-state index in [2.05, 4.69) is 150 Å². The number of aromatic nitrogens is 2. The van der Waals surface area contributed by atoms with Crippen LogP contribution >= 0.6 is 15.9 Å². The maximum Gasteiger partial charge on any atom is 0.0780 e. The molecule has 0 atom stereocenters. The minimum atomic E-state index is -1.79. The Hall–Kier alpha value is -3.28. The van der Waals surface area contributed by atoms with Crippen LogP contribution in [0.4, 0.5) is 0 Å². The van der Waals surface area contributed by atoms with E-state index in [-0.39, 0.29) is 0 Å². The van der Waals surface area contributed by atoms with Gasteiger partial charge in [0.05, 0.1) is 5.69 Å². The molecule has 0 fully saturated rings. The average Bonchev–Trinajstić information content (AvgIpc) is 2.90. The third-order valence-electron chi connectivity index (χ3n) is 7.35. The number of halogens is 1. The van der Waals surface area contributed by atoms with Gasteiger partial charge in [0, 0.05) is 21.6 Å². The smallest absolute Gasteiger partial charge is 0.0780 e. The van der Waals surface area contributed by atoms with Crippen molar-refractivity contribution in [3.05, 3.63) is 124 Å². The fourth-order valence-electron chi connectivity index (χ4n) is 5.48. The van der Waals surface area contributed by atoms with Crippen molar-refractivity contribution in [2.45, 2.75) is 45.0 Å². The summed E-state index contributed by atoms with van der Waals surface area (Å²) in [5, 5.41) is 4.96. The van der Waals surface area contributed by atoms with Gasteiger partial charge in [-0.15, -0.1) is 0 Å². The molecule has 0 radical (unpaired) electrons. The molecule has 0 bridgehead atoms. The van der Waals surface area contributed by atoms with Gasteiger partial charge in [0.15, 0.2) is 0 Å². The van der Waals surface area contributed by atoms with Gasteiger partial charge >= 0.3 is 136 Å². The van der Waals surface area contributed by atoms with Crippen molar-refractivity contribution in [2.24, 2.45) is 0 Å². The average molecular weight is 662 g/mol. The van der Waals surface area contributed by atoms with Crippen molar-refractivity contribution in [1.29, 1.82) is 0 Å². The number of pyridine rings is 2. The van der Waals surface area contributed by atoms with E-state index in [0.717, 1.165) is 15.9 Å². The number of hydrogen-bond donors (Lipinski definition) is 0. The Morgan fingerprint density at radius 1 is 0.512 bits per heavy atom. The molecule has 2 aromatic heterocycles.